The highest BCUT2D eigenvalue weighted by atomic mass is 16.1. The Bertz CT molecular complexity index is 145. The molecule has 12 heavy (non-hydrogen) atoms. The Morgan fingerprint density at radius 2 is 2.42 bits per heavy atom. The molecular formula is C9H18N2O. The van der Waals surface area contributed by atoms with Crippen LogP contribution in [0.5, 0.6) is 0 Å². The number of nitrogens with two attached hydrogens (primary N) is 1. The van der Waals surface area contributed by atoms with Crippen LogP contribution < -0.4 is 11.1 Å². The second-order valence-electron chi connectivity index (χ2n) is 2.80. The maximum atomic E-state index is 11.1. The van der Waals surface area contributed by atoms with Crippen LogP contribution >= 0.6 is 0 Å². The van der Waals surface area contributed by atoms with Crippen LogP contribution in [0.1, 0.15) is 26.2 Å². The molecule has 0 saturated carbocycles. The third-order valence-corrected chi connectivity index (χ3v) is 1.64. The van der Waals surface area contributed by atoms with E-state index in [1.807, 2.05) is 6.92 Å². The van der Waals surface area contributed by atoms with Crippen molar-refractivity contribution in [3.8, 4) is 0 Å². The molecule has 0 aromatic rings. The van der Waals surface area contributed by atoms with E-state index in [0.29, 0.717) is 13.0 Å². The average Bonchev–Trinajstić information content (AvgIpc) is 2.05. The Morgan fingerprint density at radius 1 is 1.75 bits per heavy atom. The molecule has 0 aromatic heterocycles. The summed E-state index contributed by atoms with van der Waals surface area (Å²) in [4.78, 5) is 11.1. The van der Waals surface area contributed by atoms with Crippen molar-refractivity contribution in [2.24, 2.45) is 5.73 Å². The van der Waals surface area contributed by atoms with Gasteiger partial charge in [-0.3, -0.25) is 4.79 Å². The van der Waals surface area contributed by atoms with Gasteiger partial charge in [0.1, 0.15) is 0 Å². The van der Waals surface area contributed by atoms with Gasteiger partial charge in [0.15, 0.2) is 0 Å². The fourth-order valence-corrected chi connectivity index (χ4v) is 0.768. The summed E-state index contributed by atoms with van der Waals surface area (Å²) in [5.74, 6) is 0.0335. The highest BCUT2D eigenvalue weighted by molar-refractivity contribution is 5.76. The third kappa shape index (κ3) is 5.92. The fraction of sp³-hybridized carbons (Fsp3) is 0.667. The van der Waals surface area contributed by atoms with Crippen molar-refractivity contribution >= 4 is 5.91 Å². The van der Waals surface area contributed by atoms with Crippen LogP contribution in [0.25, 0.3) is 0 Å². The summed E-state index contributed by atoms with van der Waals surface area (Å²) in [6.07, 6.45) is 3.86. The molecule has 0 spiro atoms. The molecule has 3 nitrogen and oxygen atoms in total. The highest BCUT2D eigenvalue weighted by Gasteiger charge is 2.05. The topological polar surface area (TPSA) is 55.1 Å². The summed E-state index contributed by atoms with van der Waals surface area (Å²) < 4.78 is 0. The molecule has 0 rings (SSSR count). The molecular weight excluding hydrogens is 152 g/mol. The summed E-state index contributed by atoms with van der Waals surface area (Å²) in [6.45, 7) is 6.20. The molecule has 0 aromatic carbocycles. The normalized spacial score (nSPS) is 12.2. The van der Waals surface area contributed by atoms with Crippen LogP contribution in [-0.4, -0.2) is 18.5 Å². The second kappa shape index (κ2) is 6.85. The lowest BCUT2D eigenvalue weighted by Crippen LogP contribution is -2.31. The molecule has 3 N–H and O–H groups in total. The fourth-order valence-electron chi connectivity index (χ4n) is 0.768. The van der Waals surface area contributed by atoms with Crippen molar-refractivity contribution in [1.82, 2.24) is 5.32 Å². The minimum atomic E-state index is -0.00580. The van der Waals surface area contributed by atoms with Crippen molar-refractivity contribution in [3.63, 3.8) is 0 Å². The van der Waals surface area contributed by atoms with E-state index in [9.17, 15) is 4.79 Å². The number of rotatable bonds is 6. The molecule has 3 heteroatoms. The van der Waals surface area contributed by atoms with Gasteiger partial charge in [-0.25, -0.2) is 0 Å². The Balaban J connectivity index is 3.39. The van der Waals surface area contributed by atoms with Crippen molar-refractivity contribution in [2.45, 2.75) is 32.2 Å². The van der Waals surface area contributed by atoms with Crippen molar-refractivity contribution in [2.75, 3.05) is 6.54 Å². The summed E-state index contributed by atoms with van der Waals surface area (Å²) in [5, 5.41) is 2.76. The SMILES string of the molecule is C=CCCNC(=O)CC(N)CC. The Labute approximate surface area is 74.0 Å². The van der Waals surface area contributed by atoms with Crippen molar-refractivity contribution in [1.29, 1.82) is 0 Å². The largest absolute Gasteiger partial charge is 0.356 e. The average molecular weight is 170 g/mol. The van der Waals surface area contributed by atoms with Gasteiger partial charge in [-0.15, -0.1) is 6.58 Å². The van der Waals surface area contributed by atoms with E-state index in [1.54, 1.807) is 6.08 Å². The van der Waals surface area contributed by atoms with E-state index >= 15 is 0 Å². The van der Waals surface area contributed by atoms with Crippen LogP contribution in [0.15, 0.2) is 12.7 Å². The van der Waals surface area contributed by atoms with Crippen LogP contribution in [0.4, 0.5) is 0 Å². The Kier molecular flexibility index (Phi) is 6.38. The lowest BCUT2D eigenvalue weighted by atomic mass is 10.1. The minimum absolute atomic E-state index is 0.00580. The van der Waals surface area contributed by atoms with Gasteiger partial charge in [0.2, 0.25) is 5.91 Å². The lowest BCUT2D eigenvalue weighted by Gasteiger charge is -2.08. The first-order valence-corrected chi connectivity index (χ1v) is 4.33. The predicted octanol–water partition coefficient (Wildman–Crippen LogP) is 0.806. The van der Waals surface area contributed by atoms with E-state index in [2.05, 4.69) is 11.9 Å². The lowest BCUT2D eigenvalue weighted by molar-refractivity contribution is -0.121. The summed E-state index contributed by atoms with van der Waals surface area (Å²) in [7, 11) is 0. The van der Waals surface area contributed by atoms with Gasteiger partial charge in [-0.05, 0) is 12.8 Å². The van der Waals surface area contributed by atoms with Crippen molar-refractivity contribution in [3.05, 3.63) is 12.7 Å². The zero-order valence-corrected chi connectivity index (χ0v) is 7.68. The van der Waals surface area contributed by atoms with Gasteiger partial charge in [-0.1, -0.05) is 13.0 Å². The molecule has 0 heterocycles. The van der Waals surface area contributed by atoms with Gasteiger partial charge in [0.25, 0.3) is 0 Å². The number of carbonyl (C=O) groups is 1. The number of hydrogen-bond acceptors (Lipinski definition) is 2. The number of nitrogens with one attached hydrogen (secondary N) is 1. The molecule has 0 aliphatic carbocycles. The molecule has 0 aliphatic rings. The van der Waals surface area contributed by atoms with Crippen LogP contribution in [-0.2, 0) is 4.79 Å². The second-order valence-corrected chi connectivity index (χ2v) is 2.80. The number of carbonyl (C=O) groups excluding carboxylic acids is 1. The van der Waals surface area contributed by atoms with Crippen molar-refractivity contribution < 1.29 is 4.79 Å². The number of hydrogen-bond donors (Lipinski definition) is 2. The van der Waals surface area contributed by atoms with Gasteiger partial charge < -0.3 is 11.1 Å². The zero-order valence-electron chi connectivity index (χ0n) is 7.68. The monoisotopic (exact) mass is 170 g/mol. The molecule has 1 amide bonds. The number of amides is 1. The molecule has 0 fully saturated rings. The van der Waals surface area contributed by atoms with E-state index in [0.717, 1.165) is 12.8 Å². The van der Waals surface area contributed by atoms with Gasteiger partial charge in [0, 0.05) is 19.0 Å². The first-order valence-electron chi connectivity index (χ1n) is 4.33. The minimum Gasteiger partial charge on any atom is -0.356 e. The van der Waals surface area contributed by atoms with Crippen LogP contribution in [0.3, 0.4) is 0 Å². The van der Waals surface area contributed by atoms with Gasteiger partial charge in [0.05, 0.1) is 0 Å². The predicted molar refractivity (Wildman–Crippen MR) is 50.7 cm³/mol. The molecule has 1 unspecified atom stereocenters. The molecule has 1 atom stereocenters. The third-order valence-electron chi connectivity index (χ3n) is 1.64. The van der Waals surface area contributed by atoms with Gasteiger partial charge >= 0.3 is 0 Å². The van der Waals surface area contributed by atoms with Crippen LogP contribution in [0, 0.1) is 0 Å². The first kappa shape index (κ1) is 11.2. The Morgan fingerprint density at radius 3 is 2.92 bits per heavy atom. The van der Waals surface area contributed by atoms with E-state index < -0.39 is 0 Å². The summed E-state index contributed by atoms with van der Waals surface area (Å²) >= 11 is 0. The highest BCUT2D eigenvalue weighted by Crippen LogP contribution is 1.92. The standard InChI is InChI=1S/C9H18N2O/c1-3-5-6-11-9(12)7-8(10)4-2/h3,8H,1,4-7,10H2,2H3,(H,11,12). The van der Waals surface area contributed by atoms with E-state index in [-0.39, 0.29) is 11.9 Å². The Hall–Kier alpha value is -0.830. The van der Waals surface area contributed by atoms with Gasteiger partial charge in [-0.2, -0.15) is 0 Å². The summed E-state index contributed by atoms with van der Waals surface area (Å²) in [6, 6.07) is -0.00580. The summed E-state index contributed by atoms with van der Waals surface area (Å²) in [5.41, 5.74) is 5.60. The molecule has 0 radical (unpaired) electrons. The zero-order chi connectivity index (χ0) is 9.40. The first-order chi connectivity index (χ1) is 5.70. The quantitative estimate of drug-likeness (QED) is 0.458. The molecule has 0 saturated heterocycles. The van der Waals surface area contributed by atoms with Crippen LogP contribution in [0.2, 0.25) is 0 Å². The molecule has 0 aliphatic heterocycles. The maximum Gasteiger partial charge on any atom is 0.221 e. The molecule has 70 valence electrons. The smallest absolute Gasteiger partial charge is 0.221 e. The molecule has 0 bridgehead atoms. The van der Waals surface area contributed by atoms with E-state index in [1.165, 1.54) is 0 Å². The maximum absolute atomic E-state index is 11.1. The van der Waals surface area contributed by atoms with E-state index in [4.69, 9.17) is 5.73 Å².